The van der Waals surface area contributed by atoms with Crippen LogP contribution in [0.15, 0.2) is 84.0 Å². The van der Waals surface area contributed by atoms with Gasteiger partial charge < -0.3 is 19.5 Å². The van der Waals surface area contributed by atoms with Gasteiger partial charge in [0, 0.05) is 6.32 Å². The largest absolute Gasteiger partial charge is 0.508 e. The summed E-state index contributed by atoms with van der Waals surface area (Å²) >= 11 is 0. The van der Waals surface area contributed by atoms with E-state index < -0.39 is 7.12 Å². The average molecular weight is 404 g/mol. The molecule has 2 aromatic rings. The fraction of sp³-hybridized carbons (Fsp3) is 0.280. The number of phenols is 1. The first-order chi connectivity index (χ1) is 14.5. The van der Waals surface area contributed by atoms with E-state index in [-0.39, 0.29) is 11.9 Å². The van der Waals surface area contributed by atoms with E-state index in [1.54, 1.807) is 12.1 Å². The van der Waals surface area contributed by atoms with E-state index in [0.717, 1.165) is 41.7 Å². The maximum Gasteiger partial charge on any atom is 0.458 e. The van der Waals surface area contributed by atoms with Crippen LogP contribution in [0, 0.1) is 0 Å². The lowest BCUT2D eigenvalue weighted by molar-refractivity contribution is 0.181. The third-order valence-corrected chi connectivity index (χ3v) is 5.22. The lowest BCUT2D eigenvalue weighted by atomic mass is 9.78. The van der Waals surface area contributed by atoms with Crippen molar-refractivity contribution in [3.63, 3.8) is 0 Å². The summed E-state index contributed by atoms with van der Waals surface area (Å²) in [6.45, 7) is 6.71. The summed E-state index contributed by atoms with van der Waals surface area (Å²) in [5.41, 5.74) is 4.23. The molecule has 5 heteroatoms. The molecule has 3 rings (SSSR count). The van der Waals surface area contributed by atoms with E-state index in [0.29, 0.717) is 12.9 Å². The number of allylic oxidation sites excluding steroid dienone is 2. The second kappa shape index (κ2) is 10.9. The molecule has 156 valence electrons. The Morgan fingerprint density at radius 2 is 1.93 bits per heavy atom. The predicted molar refractivity (Wildman–Crippen MR) is 122 cm³/mol. The summed E-state index contributed by atoms with van der Waals surface area (Å²) < 4.78 is 11.7. The fourth-order valence-corrected chi connectivity index (χ4v) is 3.52. The van der Waals surface area contributed by atoms with Crippen molar-refractivity contribution in [1.29, 1.82) is 0 Å². The molecule has 0 fully saturated rings. The van der Waals surface area contributed by atoms with Crippen LogP contribution in [0.25, 0.3) is 6.08 Å². The van der Waals surface area contributed by atoms with Crippen LogP contribution in [0.5, 0.6) is 11.5 Å². The van der Waals surface area contributed by atoms with Crippen LogP contribution in [0.2, 0.25) is 6.32 Å². The van der Waals surface area contributed by atoms with Crippen molar-refractivity contribution in [2.75, 3.05) is 6.61 Å². The molecule has 0 amide bonds. The second-order valence-corrected chi connectivity index (χ2v) is 7.47. The number of hydrogen-bond acceptors (Lipinski definition) is 4. The molecule has 0 saturated heterocycles. The summed E-state index contributed by atoms with van der Waals surface area (Å²) in [5.74, 6) is 1.07. The second-order valence-electron chi connectivity index (χ2n) is 7.47. The van der Waals surface area contributed by atoms with Gasteiger partial charge in [0.15, 0.2) is 0 Å². The fourth-order valence-electron chi connectivity index (χ4n) is 3.52. The minimum absolute atomic E-state index is 0.213. The Morgan fingerprint density at radius 3 is 2.63 bits per heavy atom. The van der Waals surface area contributed by atoms with Crippen LogP contribution in [-0.2, 0) is 4.65 Å². The molecule has 4 nitrogen and oxygen atoms in total. The Hall–Kier alpha value is -2.76. The van der Waals surface area contributed by atoms with Gasteiger partial charge in [-0.25, -0.2) is 0 Å². The molecule has 2 aromatic carbocycles. The number of ether oxygens (including phenoxy) is 1. The normalized spacial score (nSPS) is 16.9. The van der Waals surface area contributed by atoms with Gasteiger partial charge in [-0.2, -0.15) is 0 Å². The zero-order valence-electron chi connectivity index (χ0n) is 17.5. The molecule has 1 unspecified atom stereocenters. The SMILES string of the molecule is C=C(COc1ccccc1)C1=CCB(O)OC1CC/C(=C/c1ccc(O)cc1)CC. The van der Waals surface area contributed by atoms with E-state index in [1.807, 2.05) is 48.5 Å². The maximum absolute atomic E-state index is 10.0. The van der Waals surface area contributed by atoms with Gasteiger partial charge in [-0.15, -0.1) is 0 Å². The van der Waals surface area contributed by atoms with Gasteiger partial charge in [0.1, 0.15) is 18.1 Å². The number of benzene rings is 2. The van der Waals surface area contributed by atoms with Crippen molar-refractivity contribution < 1.29 is 19.5 Å². The molecule has 0 aromatic heterocycles. The number of hydrogen-bond donors (Lipinski definition) is 2. The molecule has 1 heterocycles. The molecule has 0 spiro atoms. The van der Waals surface area contributed by atoms with Crippen molar-refractivity contribution in [3.8, 4) is 11.5 Å². The molecule has 0 aliphatic carbocycles. The van der Waals surface area contributed by atoms with E-state index in [4.69, 9.17) is 9.39 Å². The maximum atomic E-state index is 10.0. The van der Waals surface area contributed by atoms with Crippen molar-refractivity contribution in [2.45, 2.75) is 38.6 Å². The molecule has 1 aliphatic heterocycles. The lowest BCUT2D eigenvalue weighted by Crippen LogP contribution is -2.32. The van der Waals surface area contributed by atoms with Crippen molar-refractivity contribution in [2.24, 2.45) is 0 Å². The average Bonchev–Trinajstić information content (AvgIpc) is 2.77. The summed E-state index contributed by atoms with van der Waals surface area (Å²) in [6.07, 6.45) is 6.94. The molecule has 0 radical (unpaired) electrons. The highest BCUT2D eigenvalue weighted by Gasteiger charge is 2.28. The van der Waals surface area contributed by atoms with Crippen molar-refractivity contribution in [1.82, 2.24) is 0 Å². The number of aromatic hydroxyl groups is 1. The highest BCUT2D eigenvalue weighted by atomic mass is 16.5. The first-order valence-electron chi connectivity index (χ1n) is 10.4. The van der Waals surface area contributed by atoms with Crippen LogP contribution >= 0.6 is 0 Å². The van der Waals surface area contributed by atoms with E-state index in [9.17, 15) is 10.1 Å². The van der Waals surface area contributed by atoms with Crippen LogP contribution < -0.4 is 4.74 Å². The molecular formula is C25H29BO4. The van der Waals surface area contributed by atoms with Crippen LogP contribution in [0.3, 0.4) is 0 Å². The lowest BCUT2D eigenvalue weighted by Gasteiger charge is -2.28. The Balaban J connectivity index is 1.63. The molecule has 30 heavy (non-hydrogen) atoms. The Labute approximate surface area is 179 Å². The quantitative estimate of drug-likeness (QED) is 0.549. The zero-order chi connectivity index (χ0) is 21.3. The molecular weight excluding hydrogens is 375 g/mol. The highest BCUT2D eigenvalue weighted by molar-refractivity contribution is 6.43. The van der Waals surface area contributed by atoms with Gasteiger partial charge in [-0.1, -0.05) is 61.6 Å². The van der Waals surface area contributed by atoms with Crippen molar-refractivity contribution >= 4 is 13.2 Å². The smallest absolute Gasteiger partial charge is 0.458 e. The van der Waals surface area contributed by atoms with Gasteiger partial charge >= 0.3 is 7.12 Å². The van der Waals surface area contributed by atoms with E-state index >= 15 is 0 Å². The van der Waals surface area contributed by atoms with Crippen LogP contribution in [0.4, 0.5) is 0 Å². The van der Waals surface area contributed by atoms with Gasteiger partial charge in [0.05, 0.1) is 6.10 Å². The van der Waals surface area contributed by atoms with Gasteiger partial charge in [0.25, 0.3) is 0 Å². The molecule has 0 saturated carbocycles. The minimum atomic E-state index is -0.784. The first kappa shape index (κ1) is 21.9. The predicted octanol–water partition coefficient (Wildman–Crippen LogP) is 5.41. The van der Waals surface area contributed by atoms with E-state index in [2.05, 4.69) is 19.6 Å². The minimum Gasteiger partial charge on any atom is -0.508 e. The number of para-hydroxylation sites is 1. The number of rotatable bonds is 9. The summed E-state index contributed by atoms with van der Waals surface area (Å²) in [6, 6.07) is 16.9. The van der Waals surface area contributed by atoms with Crippen molar-refractivity contribution in [3.05, 3.63) is 89.5 Å². The Bertz CT molecular complexity index is 887. The van der Waals surface area contributed by atoms with Gasteiger partial charge in [-0.05, 0) is 60.2 Å². The zero-order valence-corrected chi connectivity index (χ0v) is 17.5. The van der Waals surface area contributed by atoms with E-state index in [1.165, 1.54) is 5.57 Å². The summed E-state index contributed by atoms with van der Waals surface area (Å²) in [5, 5.41) is 19.5. The Morgan fingerprint density at radius 1 is 1.20 bits per heavy atom. The monoisotopic (exact) mass is 404 g/mol. The molecule has 1 aliphatic rings. The summed E-state index contributed by atoms with van der Waals surface area (Å²) in [4.78, 5) is 0. The third-order valence-electron chi connectivity index (χ3n) is 5.22. The third kappa shape index (κ3) is 6.38. The first-order valence-corrected chi connectivity index (χ1v) is 10.4. The Kier molecular flexibility index (Phi) is 7.94. The molecule has 0 bridgehead atoms. The molecule has 1 atom stereocenters. The van der Waals surface area contributed by atoms with Crippen LogP contribution in [0.1, 0.15) is 31.7 Å². The number of phenolic OH excluding ortho intramolecular Hbond substituents is 1. The molecule has 2 N–H and O–H groups in total. The highest BCUT2D eigenvalue weighted by Crippen LogP contribution is 2.29. The standard InChI is InChI=1S/C25H29BO4/c1-3-20(17-21-9-12-22(27)13-10-21)11-14-25-24(15-16-26(28)30-25)19(2)18-29-23-7-5-4-6-8-23/h4-10,12-13,15,17,25,27-28H,2-3,11,14,16,18H2,1H3/b20-17+. The topological polar surface area (TPSA) is 58.9 Å². The summed E-state index contributed by atoms with van der Waals surface area (Å²) in [7, 11) is -0.784. The van der Waals surface area contributed by atoms with Gasteiger partial charge in [-0.3, -0.25) is 0 Å². The van der Waals surface area contributed by atoms with Crippen LogP contribution in [-0.4, -0.2) is 30.0 Å². The van der Waals surface area contributed by atoms with Gasteiger partial charge in [0.2, 0.25) is 0 Å².